The van der Waals surface area contributed by atoms with E-state index in [0.717, 1.165) is 14.8 Å². The second-order valence-corrected chi connectivity index (χ2v) is 11.8. The zero-order chi connectivity index (χ0) is 33.2. The molecule has 0 radical (unpaired) electrons. The molecule has 0 bridgehead atoms. The van der Waals surface area contributed by atoms with Crippen molar-refractivity contribution in [2.45, 2.75) is 36.6 Å². The van der Waals surface area contributed by atoms with E-state index in [1.54, 1.807) is 43.3 Å². The molecule has 0 saturated carbocycles. The lowest BCUT2D eigenvalue weighted by Crippen LogP contribution is -2.81. The largest absolute Gasteiger partial charge is 0.477 e. The second kappa shape index (κ2) is 13.1. The van der Waals surface area contributed by atoms with Crippen LogP contribution in [0.1, 0.15) is 25.2 Å². The summed E-state index contributed by atoms with van der Waals surface area (Å²) in [6.07, 6.45) is 2.53. The van der Waals surface area contributed by atoms with Crippen LogP contribution in [-0.2, 0) is 35.1 Å². The van der Waals surface area contributed by atoms with Crippen LogP contribution in [-0.4, -0.2) is 105 Å². The fourth-order valence-electron chi connectivity index (χ4n) is 5.18. The van der Waals surface area contributed by atoms with E-state index in [2.05, 4.69) is 15.7 Å². The molecular formula is C29H30N6O10S. The van der Waals surface area contributed by atoms with E-state index in [9.17, 15) is 33.9 Å². The highest BCUT2D eigenvalue weighted by Gasteiger charge is 2.67. The summed E-state index contributed by atoms with van der Waals surface area (Å²) in [5.74, 6) is -3.01. The SMILES string of the molecule is COC1(NC(=O)Cc2ccccc2NC(=O)N2CCN(N=Cc3ccco3)C2=O)C(=O)N2C(C(=O)O)=C(COC(C)=O)C(C)S[C@H]21. The summed E-state index contributed by atoms with van der Waals surface area (Å²) in [5.41, 5.74) is -1.33. The highest BCUT2D eigenvalue weighted by Crippen LogP contribution is 2.49. The van der Waals surface area contributed by atoms with Gasteiger partial charge in [0.25, 0.3) is 11.6 Å². The molecule has 2 saturated heterocycles. The summed E-state index contributed by atoms with van der Waals surface area (Å²) < 4.78 is 15.7. The number of nitrogens with zero attached hydrogens (tertiary/aromatic N) is 4. The minimum Gasteiger partial charge on any atom is -0.477 e. The zero-order valence-electron chi connectivity index (χ0n) is 24.9. The molecule has 0 aliphatic carbocycles. The van der Waals surface area contributed by atoms with Crippen LogP contribution < -0.4 is 10.6 Å². The molecular weight excluding hydrogens is 624 g/mol. The number of furan rings is 1. The van der Waals surface area contributed by atoms with Gasteiger partial charge >= 0.3 is 24.0 Å². The summed E-state index contributed by atoms with van der Waals surface area (Å²) in [6.45, 7) is 2.82. The monoisotopic (exact) mass is 654 g/mol. The van der Waals surface area contributed by atoms with Crippen LogP contribution in [0.15, 0.2) is 63.5 Å². The van der Waals surface area contributed by atoms with Gasteiger partial charge in [-0.2, -0.15) is 5.10 Å². The third-order valence-electron chi connectivity index (χ3n) is 7.48. The number of nitrogens with one attached hydrogen (secondary N) is 2. The van der Waals surface area contributed by atoms with Gasteiger partial charge in [-0.05, 0) is 30.7 Å². The van der Waals surface area contributed by atoms with E-state index in [1.807, 2.05) is 0 Å². The number of anilines is 1. The topological polar surface area (TPSA) is 200 Å². The first-order chi connectivity index (χ1) is 22.0. The van der Waals surface area contributed by atoms with Gasteiger partial charge in [-0.25, -0.2) is 24.3 Å². The Morgan fingerprint density at radius 1 is 1.17 bits per heavy atom. The van der Waals surface area contributed by atoms with Gasteiger partial charge < -0.3 is 29.6 Å². The lowest BCUT2D eigenvalue weighted by molar-refractivity contribution is -0.192. The number of fused-ring (bicyclic) bond motifs is 1. The minimum absolute atomic E-state index is 0.0740. The fourth-order valence-corrected chi connectivity index (χ4v) is 6.68. The number of carbonyl (C=O) groups is 6. The average Bonchev–Trinajstić information content (AvgIpc) is 3.67. The molecule has 4 heterocycles. The lowest BCUT2D eigenvalue weighted by atomic mass is 9.96. The molecule has 0 spiro atoms. The molecule has 1 aromatic carbocycles. The van der Waals surface area contributed by atoms with Gasteiger partial charge in [-0.15, -0.1) is 11.8 Å². The number of ether oxygens (including phenoxy) is 2. The highest BCUT2D eigenvalue weighted by molar-refractivity contribution is 8.00. The number of carboxylic acid groups (broad SMARTS) is 1. The van der Waals surface area contributed by atoms with Crippen molar-refractivity contribution in [2.75, 3.05) is 32.1 Å². The number of imide groups is 1. The Balaban J connectivity index is 1.26. The second-order valence-electron chi connectivity index (χ2n) is 10.3. The van der Waals surface area contributed by atoms with E-state index >= 15 is 0 Å². The third-order valence-corrected chi connectivity index (χ3v) is 8.97. The van der Waals surface area contributed by atoms with Crippen molar-refractivity contribution >= 4 is 59.5 Å². The molecule has 6 amide bonds. The molecule has 1 aromatic heterocycles. The number of carboxylic acids is 1. The van der Waals surface area contributed by atoms with Crippen molar-refractivity contribution < 1.29 is 47.8 Å². The third kappa shape index (κ3) is 6.05. The molecule has 3 N–H and O–H groups in total. The van der Waals surface area contributed by atoms with E-state index in [0.29, 0.717) is 11.3 Å². The molecule has 242 valence electrons. The van der Waals surface area contributed by atoms with Gasteiger partial charge in [0, 0.05) is 30.5 Å². The number of methoxy groups -OCH3 is 1. The predicted molar refractivity (Wildman–Crippen MR) is 161 cm³/mol. The van der Waals surface area contributed by atoms with Crippen LogP contribution in [0.2, 0.25) is 0 Å². The van der Waals surface area contributed by atoms with Crippen molar-refractivity contribution in [3.05, 3.63) is 65.3 Å². The van der Waals surface area contributed by atoms with Crippen molar-refractivity contribution in [1.82, 2.24) is 20.1 Å². The van der Waals surface area contributed by atoms with Crippen molar-refractivity contribution in [2.24, 2.45) is 5.10 Å². The molecule has 3 aliphatic rings. The normalized spacial score (nSPS) is 22.5. The van der Waals surface area contributed by atoms with E-state index in [-0.39, 0.29) is 43.1 Å². The van der Waals surface area contributed by atoms with Crippen LogP contribution in [0.25, 0.3) is 0 Å². The van der Waals surface area contributed by atoms with Gasteiger partial charge in [-0.1, -0.05) is 18.2 Å². The maximum atomic E-state index is 13.4. The molecule has 2 unspecified atom stereocenters. The maximum Gasteiger partial charge on any atom is 0.352 e. The Labute approximate surface area is 266 Å². The number of rotatable bonds is 10. The maximum absolute atomic E-state index is 13.4. The predicted octanol–water partition coefficient (Wildman–Crippen LogP) is 1.79. The number of urea groups is 2. The van der Waals surface area contributed by atoms with Crippen LogP contribution in [0.3, 0.4) is 0 Å². The summed E-state index contributed by atoms with van der Waals surface area (Å²) in [7, 11) is 1.22. The van der Waals surface area contributed by atoms with Gasteiger partial charge in [0.05, 0.1) is 32.0 Å². The number of amides is 6. The van der Waals surface area contributed by atoms with Crippen LogP contribution in [0, 0.1) is 0 Å². The summed E-state index contributed by atoms with van der Waals surface area (Å²) >= 11 is 1.17. The Bertz CT molecular complexity index is 1640. The molecule has 3 atom stereocenters. The van der Waals surface area contributed by atoms with Gasteiger partial charge in [0.15, 0.2) is 0 Å². The molecule has 2 fully saturated rings. The molecule has 46 heavy (non-hydrogen) atoms. The summed E-state index contributed by atoms with van der Waals surface area (Å²) in [4.78, 5) is 78.1. The first-order valence-corrected chi connectivity index (χ1v) is 14.9. The lowest BCUT2D eigenvalue weighted by Gasteiger charge is -2.56. The Hall–Kier alpha value is -5.16. The minimum atomic E-state index is -1.87. The average molecular weight is 655 g/mol. The Kier molecular flexibility index (Phi) is 9.15. The number of thioether (sulfide) groups is 1. The molecule has 2 aromatic rings. The smallest absolute Gasteiger partial charge is 0.352 e. The number of β-lactam (4-membered cyclic amide) rings is 1. The number of carbonyl (C=O) groups excluding carboxylic acids is 5. The molecule has 16 nitrogen and oxygen atoms in total. The number of para-hydroxylation sites is 1. The first kappa shape index (κ1) is 32.2. The number of hydrogen-bond acceptors (Lipinski definition) is 11. The van der Waals surface area contributed by atoms with Gasteiger partial charge in [0.2, 0.25) is 5.91 Å². The van der Waals surface area contributed by atoms with Crippen LogP contribution >= 0.6 is 11.8 Å². The number of hydrogen-bond donors (Lipinski definition) is 3. The molecule has 17 heteroatoms. The zero-order valence-corrected chi connectivity index (χ0v) is 25.7. The quantitative estimate of drug-likeness (QED) is 0.146. The number of hydrazone groups is 1. The number of aliphatic carboxylic acids is 1. The van der Waals surface area contributed by atoms with Crippen LogP contribution in [0.4, 0.5) is 15.3 Å². The van der Waals surface area contributed by atoms with E-state index < -0.39 is 52.2 Å². The first-order valence-electron chi connectivity index (χ1n) is 14.0. The van der Waals surface area contributed by atoms with Crippen molar-refractivity contribution in [1.29, 1.82) is 0 Å². The van der Waals surface area contributed by atoms with Crippen molar-refractivity contribution in [3.63, 3.8) is 0 Å². The number of benzene rings is 1. The Morgan fingerprint density at radius 2 is 1.93 bits per heavy atom. The fraction of sp³-hybridized carbons (Fsp3) is 0.345. The summed E-state index contributed by atoms with van der Waals surface area (Å²) in [5, 5.41) is 19.0. The highest BCUT2D eigenvalue weighted by atomic mass is 32.2. The summed E-state index contributed by atoms with van der Waals surface area (Å²) in [6, 6.07) is 8.41. The van der Waals surface area contributed by atoms with Gasteiger partial charge in [-0.3, -0.25) is 19.3 Å². The van der Waals surface area contributed by atoms with E-state index in [1.165, 1.54) is 38.3 Å². The standard InChI is InChI=1S/C29H30N6O10S/c1-16-20(15-45-17(2)36)23(24(38)39)35-25(40)29(43-3,26(35)46-16)32-22(37)13-18-7-4-5-9-21(18)31-27(41)33-10-11-34(28(33)42)30-14-19-8-6-12-44-19/h4-9,12,14,16,26H,10-11,13,15H2,1-3H3,(H,31,41)(H,32,37)(H,38,39)/t16?,26-,29?/m0/s1. The number of esters is 1. The Morgan fingerprint density at radius 3 is 2.61 bits per heavy atom. The van der Waals surface area contributed by atoms with Crippen LogP contribution in [0.5, 0.6) is 0 Å². The van der Waals surface area contributed by atoms with E-state index in [4.69, 9.17) is 13.9 Å². The van der Waals surface area contributed by atoms with Crippen molar-refractivity contribution in [3.8, 4) is 0 Å². The molecule has 5 rings (SSSR count). The molecule has 3 aliphatic heterocycles. The van der Waals surface area contributed by atoms with Gasteiger partial charge in [0.1, 0.15) is 23.4 Å².